The highest BCUT2D eigenvalue weighted by atomic mass is 16.6. The average molecular weight is 195 g/mol. The third kappa shape index (κ3) is 1.71. The molecule has 0 aromatic heterocycles. The summed E-state index contributed by atoms with van der Waals surface area (Å²) in [6.45, 7) is 2.71. The summed E-state index contributed by atoms with van der Waals surface area (Å²) in [6.07, 6.45) is 0. The van der Waals surface area contributed by atoms with Gasteiger partial charge in [0, 0.05) is 11.6 Å². The van der Waals surface area contributed by atoms with Crippen LogP contribution in [0.25, 0.3) is 0 Å². The number of ketones is 1. The van der Waals surface area contributed by atoms with Gasteiger partial charge in [0.25, 0.3) is 5.69 Å². The maximum Gasteiger partial charge on any atom is 0.276 e. The second-order valence-electron chi connectivity index (χ2n) is 2.95. The first kappa shape index (κ1) is 10.2. The van der Waals surface area contributed by atoms with Crippen molar-refractivity contribution >= 4 is 11.5 Å². The van der Waals surface area contributed by atoms with E-state index >= 15 is 0 Å². The summed E-state index contributed by atoms with van der Waals surface area (Å²) in [7, 11) is 0. The molecule has 1 aromatic carbocycles. The van der Waals surface area contributed by atoms with Gasteiger partial charge in [-0.1, -0.05) is 0 Å². The topological polar surface area (TPSA) is 80.4 Å². The number of aromatic hydroxyl groups is 1. The van der Waals surface area contributed by atoms with E-state index in [1.807, 2.05) is 0 Å². The Bertz CT molecular complexity index is 412. The summed E-state index contributed by atoms with van der Waals surface area (Å²) >= 11 is 0. The maximum atomic E-state index is 11.0. The Kier molecular flexibility index (Phi) is 2.51. The summed E-state index contributed by atoms with van der Waals surface area (Å²) in [4.78, 5) is 20.9. The summed E-state index contributed by atoms with van der Waals surface area (Å²) in [5, 5.41) is 19.9. The van der Waals surface area contributed by atoms with Crippen molar-refractivity contribution in [2.24, 2.45) is 0 Å². The molecule has 0 spiro atoms. The average Bonchev–Trinajstić information content (AvgIpc) is 2.08. The van der Waals surface area contributed by atoms with Crippen LogP contribution in [0.5, 0.6) is 5.75 Å². The standard InChI is InChI=1S/C9H9NO4/c1-5-8(10(13)14)3-7(6(2)11)4-9(5)12/h3-4,12H,1-2H3. The van der Waals surface area contributed by atoms with E-state index in [9.17, 15) is 20.0 Å². The van der Waals surface area contributed by atoms with Crippen LogP contribution < -0.4 is 0 Å². The highest BCUT2D eigenvalue weighted by molar-refractivity contribution is 5.95. The van der Waals surface area contributed by atoms with Crippen LogP contribution in [-0.4, -0.2) is 15.8 Å². The smallest absolute Gasteiger partial charge is 0.276 e. The van der Waals surface area contributed by atoms with Gasteiger partial charge in [-0.05, 0) is 19.9 Å². The molecule has 0 bridgehead atoms. The van der Waals surface area contributed by atoms with Crippen molar-refractivity contribution < 1.29 is 14.8 Å². The van der Waals surface area contributed by atoms with Crippen molar-refractivity contribution in [1.29, 1.82) is 0 Å². The third-order valence-corrected chi connectivity index (χ3v) is 1.96. The Balaban J connectivity index is 3.43. The van der Waals surface area contributed by atoms with Crippen molar-refractivity contribution in [3.8, 4) is 5.75 Å². The minimum Gasteiger partial charge on any atom is -0.507 e. The van der Waals surface area contributed by atoms with E-state index in [-0.39, 0.29) is 28.3 Å². The second-order valence-corrected chi connectivity index (χ2v) is 2.95. The molecule has 0 atom stereocenters. The molecule has 0 saturated heterocycles. The number of phenols is 1. The number of phenolic OH excluding ortho intramolecular Hbond substituents is 1. The van der Waals surface area contributed by atoms with Crippen molar-refractivity contribution in [1.82, 2.24) is 0 Å². The molecule has 1 rings (SSSR count). The van der Waals surface area contributed by atoms with Gasteiger partial charge in [-0.2, -0.15) is 0 Å². The lowest BCUT2D eigenvalue weighted by Gasteiger charge is -2.02. The predicted molar refractivity (Wildman–Crippen MR) is 49.5 cm³/mol. The fourth-order valence-electron chi connectivity index (χ4n) is 1.08. The molecule has 0 radical (unpaired) electrons. The molecule has 0 unspecified atom stereocenters. The number of carbonyl (C=O) groups excluding carboxylic acids is 1. The van der Waals surface area contributed by atoms with Crippen LogP contribution in [0.1, 0.15) is 22.8 Å². The third-order valence-electron chi connectivity index (χ3n) is 1.96. The monoisotopic (exact) mass is 195 g/mol. The van der Waals surface area contributed by atoms with Gasteiger partial charge in [0.1, 0.15) is 5.75 Å². The van der Waals surface area contributed by atoms with Gasteiger partial charge in [-0.15, -0.1) is 0 Å². The first-order valence-corrected chi connectivity index (χ1v) is 3.92. The molecule has 0 amide bonds. The van der Waals surface area contributed by atoms with Gasteiger partial charge < -0.3 is 5.11 Å². The van der Waals surface area contributed by atoms with Crippen LogP contribution in [0.3, 0.4) is 0 Å². The van der Waals surface area contributed by atoms with Crippen LogP contribution in [0.4, 0.5) is 5.69 Å². The van der Waals surface area contributed by atoms with Gasteiger partial charge in [-0.3, -0.25) is 14.9 Å². The number of hydrogen-bond donors (Lipinski definition) is 1. The van der Waals surface area contributed by atoms with E-state index in [0.717, 1.165) is 6.07 Å². The van der Waals surface area contributed by atoms with Crippen LogP contribution >= 0.6 is 0 Å². The number of Topliss-reactive ketones (excluding diaryl/α,β-unsaturated/α-hetero) is 1. The number of benzene rings is 1. The molecule has 1 aromatic rings. The summed E-state index contributed by atoms with van der Waals surface area (Å²) in [6, 6.07) is 2.39. The Morgan fingerprint density at radius 1 is 1.50 bits per heavy atom. The van der Waals surface area contributed by atoms with Gasteiger partial charge in [0.2, 0.25) is 0 Å². The lowest BCUT2D eigenvalue weighted by molar-refractivity contribution is -0.385. The summed E-state index contributed by atoms with van der Waals surface area (Å²) in [5.41, 5.74) is 0.0648. The highest BCUT2D eigenvalue weighted by Gasteiger charge is 2.17. The van der Waals surface area contributed by atoms with Gasteiger partial charge in [0.15, 0.2) is 5.78 Å². The summed E-state index contributed by atoms with van der Waals surface area (Å²) < 4.78 is 0. The largest absolute Gasteiger partial charge is 0.507 e. The minimum absolute atomic E-state index is 0.139. The molecule has 0 aliphatic rings. The van der Waals surface area contributed by atoms with E-state index in [0.29, 0.717) is 0 Å². The van der Waals surface area contributed by atoms with Crippen molar-refractivity contribution in [2.75, 3.05) is 0 Å². The molecule has 0 fully saturated rings. The van der Waals surface area contributed by atoms with Crippen LogP contribution in [0.2, 0.25) is 0 Å². The normalized spacial score (nSPS) is 9.86. The van der Waals surface area contributed by atoms with E-state index in [1.165, 1.54) is 19.9 Å². The molecular formula is C9H9NO4. The molecule has 0 aliphatic heterocycles. The molecule has 0 heterocycles. The SMILES string of the molecule is CC(=O)c1cc(O)c(C)c([N+](=O)[O-])c1. The molecule has 5 nitrogen and oxygen atoms in total. The first-order valence-electron chi connectivity index (χ1n) is 3.92. The molecular weight excluding hydrogens is 186 g/mol. The second kappa shape index (κ2) is 3.45. The molecule has 74 valence electrons. The van der Waals surface area contributed by atoms with E-state index in [1.54, 1.807) is 0 Å². The Morgan fingerprint density at radius 2 is 2.07 bits per heavy atom. The predicted octanol–water partition coefficient (Wildman–Crippen LogP) is 1.81. The molecule has 5 heteroatoms. The zero-order valence-electron chi connectivity index (χ0n) is 7.77. The van der Waals surface area contributed by atoms with Gasteiger partial charge in [0.05, 0.1) is 10.5 Å². The van der Waals surface area contributed by atoms with Crippen molar-refractivity contribution in [3.05, 3.63) is 33.4 Å². The molecule has 0 saturated carbocycles. The van der Waals surface area contributed by atoms with E-state index in [2.05, 4.69) is 0 Å². The van der Waals surface area contributed by atoms with Gasteiger partial charge >= 0.3 is 0 Å². The Labute approximate surface area is 80.1 Å². The molecule has 0 aliphatic carbocycles. The fourth-order valence-corrected chi connectivity index (χ4v) is 1.08. The lowest BCUT2D eigenvalue weighted by atomic mass is 10.1. The van der Waals surface area contributed by atoms with Gasteiger partial charge in [-0.25, -0.2) is 0 Å². The molecule has 1 N–H and O–H groups in total. The highest BCUT2D eigenvalue weighted by Crippen LogP contribution is 2.28. The Hall–Kier alpha value is -1.91. The quantitative estimate of drug-likeness (QED) is 0.443. The van der Waals surface area contributed by atoms with Crippen LogP contribution in [0.15, 0.2) is 12.1 Å². The fraction of sp³-hybridized carbons (Fsp3) is 0.222. The van der Waals surface area contributed by atoms with Crippen molar-refractivity contribution in [3.63, 3.8) is 0 Å². The number of hydrogen-bond acceptors (Lipinski definition) is 4. The number of nitrogens with zero attached hydrogens (tertiary/aromatic N) is 1. The number of carbonyl (C=O) groups is 1. The zero-order chi connectivity index (χ0) is 10.9. The molecule has 14 heavy (non-hydrogen) atoms. The van der Waals surface area contributed by atoms with E-state index < -0.39 is 4.92 Å². The zero-order valence-corrected chi connectivity index (χ0v) is 7.77. The first-order chi connectivity index (χ1) is 6.43. The number of rotatable bonds is 2. The van der Waals surface area contributed by atoms with Crippen LogP contribution in [0, 0.1) is 17.0 Å². The maximum absolute atomic E-state index is 11.0. The minimum atomic E-state index is -0.624. The summed E-state index contributed by atoms with van der Waals surface area (Å²) in [5.74, 6) is -0.548. The number of nitro groups is 1. The van der Waals surface area contributed by atoms with Crippen molar-refractivity contribution in [2.45, 2.75) is 13.8 Å². The van der Waals surface area contributed by atoms with Crippen LogP contribution in [-0.2, 0) is 0 Å². The Morgan fingerprint density at radius 3 is 2.50 bits per heavy atom. The lowest BCUT2D eigenvalue weighted by Crippen LogP contribution is -1.97. The number of nitro benzene ring substituents is 1. The van der Waals surface area contributed by atoms with E-state index in [4.69, 9.17) is 0 Å².